The van der Waals surface area contributed by atoms with Gasteiger partial charge in [0.1, 0.15) is 6.61 Å². The van der Waals surface area contributed by atoms with Gasteiger partial charge in [-0.2, -0.15) is 0 Å². The Hall–Kier alpha value is -0.610. The van der Waals surface area contributed by atoms with Crippen LogP contribution in [0.1, 0.15) is 13.8 Å². The minimum absolute atomic E-state index is 0.916. The summed E-state index contributed by atoms with van der Waals surface area (Å²) in [7, 11) is 0. The standard InChI is InChI=1S/C5H9O4/c1-3-8-9-4(2)5(6)7/h3-4H,1-2H3,(H,6,7). The molecule has 0 aliphatic carbocycles. The lowest BCUT2D eigenvalue weighted by atomic mass is 10.4. The molecule has 0 saturated carbocycles. The van der Waals surface area contributed by atoms with Gasteiger partial charge in [0, 0.05) is 0 Å². The van der Waals surface area contributed by atoms with Crippen LogP contribution in [-0.4, -0.2) is 17.2 Å². The van der Waals surface area contributed by atoms with Gasteiger partial charge in [-0.05, 0) is 13.8 Å². The van der Waals surface area contributed by atoms with E-state index in [1.165, 1.54) is 13.5 Å². The van der Waals surface area contributed by atoms with Crippen LogP contribution in [0, 0.1) is 6.61 Å². The first-order valence-electron chi connectivity index (χ1n) is 2.51. The van der Waals surface area contributed by atoms with Crippen LogP contribution >= 0.6 is 0 Å². The quantitative estimate of drug-likeness (QED) is 0.450. The first-order valence-corrected chi connectivity index (χ1v) is 2.51. The average Bonchev–Trinajstić information content (AvgIpc) is 1.82. The molecule has 0 aliphatic heterocycles. The van der Waals surface area contributed by atoms with Crippen LogP contribution in [0.3, 0.4) is 0 Å². The Balaban J connectivity index is 3.27. The monoisotopic (exact) mass is 133 g/mol. The van der Waals surface area contributed by atoms with Gasteiger partial charge >= 0.3 is 5.97 Å². The smallest absolute Gasteiger partial charge is 0.335 e. The minimum Gasteiger partial charge on any atom is -0.479 e. The maximum Gasteiger partial charge on any atom is 0.335 e. The topological polar surface area (TPSA) is 55.8 Å². The third-order valence-corrected chi connectivity index (χ3v) is 0.644. The van der Waals surface area contributed by atoms with Gasteiger partial charge in [0.15, 0.2) is 6.10 Å². The summed E-state index contributed by atoms with van der Waals surface area (Å²) in [6.45, 7) is 4.24. The molecule has 0 rings (SSSR count). The van der Waals surface area contributed by atoms with E-state index in [0.717, 1.165) is 0 Å². The fourth-order valence-electron chi connectivity index (χ4n) is 0.180. The van der Waals surface area contributed by atoms with Crippen LogP contribution in [0.2, 0.25) is 0 Å². The Morgan fingerprint density at radius 3 is 2.67 bits per heavy atom. The Labute approximate surface area is 53.3 Å². The van der Waals surface area contributed by atoms with Crippen molar-refractivity contribution < 1.29 is 19.7 Å². The highest BCUT2D eigenvalue weighted by molar-refractivity contribution is 5.71. The van der Waals surface area contributed by atoms with Crippen LogP contribution in [0.4, 0.5) is 0 Å². The maximum absolute atomic E-state index is 9.99. The Morgan fingerprint density at radius 2 is 2.33 bits per heavy atom. The van der Waals surface area contributed by atoms with Crippen molar-refractivity contribution in [2.45, 2.75) is 20.0 Å². The van der Waals surface area contributed by atoms with E-state index in [1.54, 1.807) is 6.92 Å². The van der Waals surface area contributed by atoms with Gasteiger partial charge in [-0.25, -0.2) is 14.6 Å². The largest absolute Gasteiger partial charge is 0.479 e. The summed E-state index contributed by atoms with van der Waals surface area (Å²) in [5.74, 6) is -1.04. The van der Waals surface area contributed by atoms with Gasteiger partial charge in [-0.15, -0.1) is 0 Å². The van der Waals surface area contributed by atoms with Gasteiger partial charge in [0.25, 0.3) is 0 Å². The zero-order valence-electron chi connectivity index (χ0n) is 5.33. The molecule has 4 nitrogen and oxygen atoms in total. The van der Waals surface area contributed by atoms with E-state index in [4.69, 9.17) is 5.11 Å². The minimum atomic E-state index is -1.04. The van der Waals surface area contributed by atoms with Crippen LogP contribution < -0.4 is 0 Å². The summed E-state index contributed by atoms with van der Waals surface area (Å²) in [5.41, 5.74) is 0. The number of hydrogen-bond acceptors (Lipinski definition) is 3. The number of carboxylic acids is 1. The summed E-state index contributed by atoms with van der Waals surface area (Å²) in [5, 5.41) is 8.19. The highest BCUT2D eigenvalue weighted by atomic mass is 17.2. The van der Waals surface area contributed by atoms with Crippen LogP contribution in [0.25, 0.3) is 0 Å². The van der Waals surface area contributed by atoms with Crippen molar-refractivity contribution in [2.24, 2.45) is 0 Å². The number of carboxylic acid groups (broad SMARTS) is 1. The second-order valence-electron chi connectivity index (χ2n) is 1.41. The molecule has 0 amide bonds. The fourth-order valence-corrected chi connectivity index (χ4v) is 0.180. The van der Waals surface area contributed by atoms with Crippen LogP contribution in [0.15, 0.2) is 0 Å². The van der Waals surface area contributed by atoms with E-state index in [-0.39, 0.29) is 0 Å². The lowest BCUT2D eigenvalue weighted by Crippen LogP contribution is -2.19. The maximum atomic E-state index is 9.99. The van der Waals surface area contributed by atoms with Crippen LogP contribution in [0.5, 0.6) is 0 Å². The molecule has 0 aromatic carbocycles. The summed E-state index contributed by atoms with van der Waals surface area (Å²) >= 11 is 0. The highest BCUT2D eigenvalue weighted by Crippen LogP contribution is 1.92. The summed E-state index contributed by atoms with van der Waals surface area (Å²) in [4.78, 5) is 18.5. The Bertz CT molecular complexity index is 91.0. The second kappa shape index (κ2) is 4.29. The lowest BCUT2D eigenvalue weighted by Gasteiger charge is -2.03. The number of rotatable bonds is 4. The molecule has 0 spiro atoms. The number of aliphatic carboxylic acids is 1. The molecule has 4 heteroatoms. The first kappa shape index (κ1) is 8.39. The fraction of sp³-hybridized carbons (Fsp3) is 0.600. The molecule has 0 aromatic heterocycles. The van der Waals surface area contributed by atoms with E-state index in [9.17, 15) is 4.79 Å². The van der Waals surface area contributed by atoms with Crippen molar-refractivity contribution in [1.82, 2.24) is 0 Å². The third kappa shape index (κ3) is 3.93. The van der Waals surface area contributed by atoms with Crippen molar-refractivity contribution in [2.75, 3.05) is 0 Å². The van der Waals surface area contributed by atoms with E-state index < -0.39 is 12.1 Å². The van der Waals surface area contributed by atoms with Crippen molar-refractivity contribution >= 4 is 5.97 Å². The first-order chi connectivity index (χ1) is 4.18. The molecule has 0 aliphatic rings. The third-order valence-electron chi connectivity index (χ3n) is 0.644. The lowest BCUT2D eigenvalue weighted by molar-refractivity contribution is -0.292. The van der Waals surface area contributed by atoms with Gasteiger partial charge in [-0.1, -0.05) is 0 Å². The predicted octanol–water partition coefficient (Wildman–Crippen LogP) is 0.589. The molecule has 1 radical (unpaired) electrons. The molecule has 0 bridgehead atoms. The van der Waals surface area contributed by atoms with Crippen molar-refractivity contribution in [3.63, 3.8) is 0 Å². The predicted molar refractivity (Wildman–Crippen MR) is 29.2 cm³/mol. The molecule has 53 valence electrons. The number of hydrogen-bond donors (Lipinski definition) is 1. The van der Waals surface area contributed by atoms with Crippen LogP contribution in [-0.2, 0) is 14.6 Å². The zero-order valence-corrected chi connectivity index (χ0v) is 5.33. The molecule has 0 aromatic rings. The van der Waals surface area contributed by atoms with Gasteiger partial charge in [-0.3, -0.25) is 0 Å². The molecule has 0 heterocycles. The van der Waals surface area contributed by atoms with Crippen molar-refractivity contribution in [3.8, 4) is 0 Å². The highest BCUT2D eigenvalue weighted by Gasteiger charge is 2.10. The molecule has 0 saturated heterocycles. The van der Waals surface area contributed by atoms with Gasteiger partial charge < -0.3 is 5.11 Å². The molecule has 1 N–H and O–H groups in total. The molecular weight excluding hydrogens is 124 g/mol. The summed E-state index contributed by atoms with van der Waals surface area (Å²) < 4.78 is 0. The normalized spacial score (nSPS) is 13.1. The molecule has 1 unspecified atom stereocenters. The Morgan fingerprint density at radius 1 is 1.78 bits per heavy atom. The van der Waals surface area contributed by atoms with Gasteiger partial charge in [0.05, 0.1) is 0 Å². The average molecular weight is 133 g/mol. The molecular formula is C5H9O4. The van der Waals surface area contributed by atoms with E-state index in [0.29, 0.717) is 0 Å². The molecule has 9 heavy (non-hydrogen) atoms. The molecule has 1 atom stereocenters. The summed E-state index contributed by atoms with van der Waals surface area (Å²) in [6, 6.07) is 0. The van der Waals surface area contributed by atoms with E-state index in [1.807, 2.05) is 0 Å². The SMILES string of the molecule is C[CH]OOC(C)C(=O)O. The van der Waals surface area contributed by atoms with E-state index in [2.05, 4.69) is 9.78 Å². The van der Waals surface area contributed by atoms with Crippen molar-refractivity contribution in [1.29, 1.82) is 0 Å². The van der Waals surface area contributed by atoms with E-state index >= 15 is 0 Å². The second-order valence-corrected chi connectivity index (χ2v) is 1.41. The Kier molecular flexibility index (Phi) is 4.00. The summed E-state index contributed by atoms with van der Waals surface area (Å²) in [6.07, 6.45) is -0.916. The number of carbonyl (C=O) groups is 1. The zero-order chi connectivity index (χ0) is 7.28. The molecule has 0 fully saturated rings. The van der Waals surface area contributed by atoms with Crippen molar-refractivity contribution in [3.05, 3.63) is 6.61 Å². The van der Waals surface area contributed by atoms with Gasteiger partial charge in [0.2, 0.25) is 0 Å².